The topological polar surface area (TPSA) is 102 Å². The Labute approximate surface area is 188 Å². The van der Waals surface area contributed by atoms with Crippen LogP contribution in [0.4, 0.5) is 16.2 Å². The van der Waals surface area contributed by atoms with E-state index in [0.29, 0.717) is 43.2 Å². The number of nitrogens with one attached hydrogen (secondary N) is 2. The third-order valence-electron chi connectivity index (χ3n) is 6.42. The van der Waals surface area contributed by atoms with Crippen LogP contribution >= 0.6 is 0 Å². The number of ether oxygens (including phenoxy) is 2. The Hall–Kier alpha value is -3.85. The third-order valence-corrected chi connectivity index (χ3v) is 6.42. The van der Waals surface area contributed by atoms with Gasteiger partial charge in [-0.1, -0.05) is 18.2 Å². The Morgan fingerprint density at radius 1 is 1.06 bits per heavy atom. The van der Waals surface area contributed by atoms with Crippen LogP contribution in [-0.2, 0) is 16.1 Å². The largest absolute Gasteiger partial charge is 0.482 e. The SMILES string of the molecule is O=C1COc2ccc(N3C[C@H](CCN[C@@H]4Cn5c(=O)ccc6cccc4c65)OC3=O)cc2N1. The summed E-state index contributed by atoms with van der Waals surface area (Å²) < 4.78 is 12.8. The van der Waals surface area contributed by atoms with Gasteiger partial charge in [-0.25, -0.2) is 4.79 Å². The first-order chi connectivity index (χ1) is 16.1. The molecule has 3 aromatic rings. The minimum absolute atomic E-state index is 0.00579. The van der Waals surface area contributed by atoms with E-state index in [-0.39, 0.29) is 30.2 Å². The van der Waals surface area contributed by atoms with Crippen LogP contribution in [-0.4, -0.2) is 42.4 Å². The lowest BCUT2D eigenvalue weighted by Crippen LogP contribution is -2.29. The zero-order valence-electron chi connectivity index (χ0n) is 17.7. The number of cyclic esters (lactones) is 1. The predicted octanol–water partition coefficient (Wildman–Crippen LogP) is 2.39. The molecule has 2 amide bonds. The molecular weight excluding hydrogens is 424 g/mol. The molecule has 0 spiro atoms. The van der Waals surface area contributed by atoms with E-state index in [1.54, 1.807) is 29.2 Å². The Morgan fingerprint density at radius 2 is 1.97 bits per heavy atom. The van der Waals surface area contributed by atoms with Gasteiger partial charge in [0.05, 0.1) is 23.8 Å². The van der Waals surface area contributed by atoms with E-state index in [4.69, 9.17) is 9.47 Å². The molecule has 4 heterocycles. The van der Waals surface area contributed by atoms with E-state index < -0.39 is 6.09 Å². The molecule has 1 fully saturated rings. The average Bonchev–Trinajstić information content (AvgIpc) is 3.38. The van der Waals surface area contributed by atoms with Crippen molar-refractivity contribution in [3.05, 3.63) is 64.4 Å². The van der Waals surface area contributed by atoms with Gasteiger partial charge in [0, 0.05) is 18.3 Å². The van der Waals surface area contributed by atoms with Gasteiger partial charge in [0.2, 0.25) is 0 Å². The quantitative estimate of drug-likeness (QED) is 0.624. The van der Waals surface area contributed by atoms with Crippen LogP contribution in [0.2, 0.25) is 0 Å². The second kappa shape index (κ2) is 7.63. The molecule has 0 bridgehead atoms. The lowest BCUT2D eigenvalue weighted by atomic mass is 10.1. The van der Waals surface area contributed by atoms with Crippen LogP contribution in [0.3, 0.4) is 0 Å². The van der Waals surface area contributed by atoms with Crippen molar-refractivity contribution in [1.29, 1.82) is 0 Å². The van der Waals surface area contributed by atoms with Crippen LogP contribution in [0.25, 0.3) is 10.9 Å². The lowest BCUT2D eigenvalue weighted by Gasteiger charge is -2.20. The number of rotatable bonds is 5. The van der Waals surface area contributed by atoms with Gasteiger partial charge in [-0.3, -0.25) is 14.5 Å². The van der Waals surface area contributed by atoms with Gasteiger partial charge in [-0.2, -0.15) is 0 Å². The van der Waals surface area contributed by atoms with E-state index in [0.717, 1.165) is 16.5 Å². The molecule has 0 radical (unpaired) electrons. The molecule has 6 rings (SSSR count). The maximum Gasteiger partial charge on any atom is 0.414 e. The number of carbonyl (C=O) groups excluding carboxylic acids is 2. The van der Waals surface area contributed by atoms with Gasteiger partial charge in [-0.15, -0.1) is 0 Å². The molecule has 2 N–H and O–H groups in total. The Balaban J connectivity index is 1.10. The molecular formula is C24H22N4O5. The fraction of sp³-hybridized carbons (Fsp3) is 0.292. The Bertz CT molecular complexity index is 1350. The van der Waals surface area contributed by atoms with Crippen molar-refractivity contribution in [1.82, 2.24) is 9.88 Å². The molecule has 0 unspecified atom stereocenters. The summed E-state index contributed by atoms with van der Waals surface area (Å²) >= 11 is 0. The molecule has 168 valence electrons. The summed E-state index contributed by atoms with van der Waals surface area (Å²) in [5.74, 6) is 0.359. The number of pyridine rings is 1. The molecule has 3 aliphatic heterocycles. The third kappa shape index (κ3) is 3.41. The number of hydrogen-bond donors (Lipinski definition) is 2. The first-order valence-corrected chi connectivity index (χ1v) is 11.0. The van der Waals surface area contributed by atoms with Crippen molar-refractivity contribution in [2.24, 2.45) is 0 Å². The van der Waals surface area contributed by atoms with Crippen molar-refractivity contribution in [3.63, 3.8) is 0 Å². The summed E-state index contributed by atoms with van der Waals surface area (Å²) in [6.45, 7) is 1.65. The number of carbonyl (C=O) groups is 2. The number of anilines is 2. The lowest BCUT2D eigenvalue weighted by molar-refractivity contribution is -0.118. The first kappa shape index (κ1) is 19.8. The average molecular weight is 446 g/mol. The molecule has 2 atom stereocenters. The monoisotopic (exact) mass is 446 g/mol. The van der Waals surface area contributed by atoms with Crippen LogP contribution in [0.5, 0.6) is 5.75 Å². The van der Waals surface area contributed by atoms with Crippen LogP contribution in [0.15, 0.2) is 53.3 Å². The number of hydrogen-bond acceptors (Lipinski definition) is 6. The number of benzene rings is 2. The van der Waals surface area contributed by atoms with Gasteiger partial charge in [0.1, 0.15) is 11.9 Å². The zero-order valence-corrected chi connectivity index (χ0v) is 17.7. The van der Waals surface area contributed by atoms with Gasteiger partial charge >= 0.3 is 6.09 Å². The minimum Gasteiger partial charge on any atom is -0.482 e. The Morgan fingerprint density at radius 3 is 2.88 bits per heavy atom. The molecule has 2 aromatic carbocycles. The maximum absolute atomic E-state index is 12.5. The summed E-state index contributed by atoms with van der Waals surface area (Å²) in [6, 6.07) is 14.8. The van der Waals surface area contributed by atoms with E-state index in [9.17, 15) is 14.4 Å². The van der Waals surface area contributed by atoms with Gasteiger partial charge in [0.25, 0.3) is 11.5 Å². The van der Waals surface area contributed by atoms with Crippen molar-refractivity contribution in [2.45, 2.75) is 25.1 Å². The number of fused-ring (bicyclic) bond motifs is 1. The smallest absolute Gasteiger partial charge is 0.414 e. The summed E-state index contributed by atoms with van der Waals surface area (Å²) in [6.07, 6.45) is -0.0214. The van der Waals surface area contributed by atoms with Gasteiger partial charge in [0.15, 0.2) is 6.61 Å². The molecule has 0 saturated carbocycles. The van der Waals surface area contributed by atoms with Gasteiger partial charge < -0.3 is 24.7 Å². The highest BCUT2D eigenvalue weighted by Crippen LogP contribution is 2.34. The number of para-hydroxylation sites is 1. The summed E-state index contributed by atoms with van der Waals surface area (Å²) in [4.78, 5) is 37.9. The number of aromatic nitrogens is 1. The standard InChI is InChI=1S/C24H22N4O5/c29-21-13-32-20-6-5-15(10-18(20)26-21)27-11-16(33-24(27)31)8-9-25-19-12-28-22(30)7-4-14-2-1-3-17(19)23(14)28/h1-7,10,16,19,25H,8-9,11-13H2,(H,26,29)/t16-,19+/m0/s1. The second-order valence-corrected chi connectivity index (χ2v) is 8.50. The van der Waals surface area contributed by atoms with Crippen molar-refractivity contribution in [3.8, 4) is 5.75 Å². The number of amides is 2. The van der Waals surface area contributed by atoms with Crippen molar-refractivity contribution >= 4 is 34.3 Å². The van der Waals surface area contributed by atoms with Crippen molar-refractivity contribution in [2.75, 3.05) is 29.9 Å². The molecule has 1 aromatic heterocycles. The second-order valence-electron chi connectivity index (χ2n) is 8.50. The minimum atomic E-state index is -0.410. The van der Waals surface area contributed by atoms with Crippen LogP contribution < -0.4 is 25.8 Å². The normalized spacial score (nSPS) is 21.0. The highest BCUT2D eigenvalue weighted by Gasteiger charge is 2.33. The number of nitrogens with zero attached hydrogens (tertiary/aromatic N) is 2. The fourth-order valence-electron chi connectivity index (χ4n) is 4.85. The highest BCUT2D eigenvalue weighted by molar-refractivity contribution is 5.97. The van der Waals surface area contributed by atoms with E-state index >= 15 is 0 Å². The van der Waals surface area contributed by atoms with Crippen molar-refractivity contribution < 1.29 is 19.1 Å². The highest BCUT2D eigenvalue weighted by atomic mass is 16.6. The van der Waals surface area contributed by atoms with Crippen LogP contribution in [0.1, 0.15) is 18.0 Å². The summed E-state index contributed by atoms with van der Waals surface area (Å²) in [5.41, 5.74) is 3.31. The predicted molar refractivity (Wildman–Crippen MR) is 122 cm³/mol. The fourth-order valence-corrected chi connectivity index (χ4v) is 4.85. The Kier molecular flexibility index (Phi) is 4.58. The van der Waals surface area contributed by atoms with E-state index in [1.807, 2.05) is 22.8 Å². The molecule has 9 heteroatoms. The molecule has 0 aliphatic carbocycles. The molecule has 1 saturated heterocycles. The van der Waals surface area contributed by atoms with E-state index in [1.165, 1.54) is 0 Å². The first-order valence-electron chi connectivity index (χ1n) is 11.0. The van der Waals surface area contributed by atoms with E-state index in [2.05, 4.69) is 16.7 Å². The molecule has 33 heavy (non-hydrogen) atoms. The molecule has 9 nitrogen and oxygen atoms in total. The maximum atomic E-state index is 12.5. The zero-order chi connectivity index (χ0) is 22.5. The summed E-state index contributed by atoms with van der Waals surface area (Å²) in [5, 5.41) is 7.34. The summed E-state index contributed by atoms with van der Waals surface area (Å²) in [7, 11) is 0. The van der Waals surface area contributed by atoms with Gasteiger partial charge in [-0.05, 0) is 48.2 Å². The van der Waals surface area contributed by atoms with Crippen LogP contribution in [0, 0.1) is 0 Å². The molecule has 3 aliphatic rings.